The number of nitrogens with one attached hydrogen (secondary N) is 1. The zero-order chi connectivity index (χ0) is 20.8. The summed E-state index contributed by atoms with van der Waals surface area (Å²) in [6.07, 6.45) is -1.08. The maximum atomic E-state index is 12.5. The van der Waals surface area contributed by atoms with Crippen LogP contribution in [-0.4, -0.2) is 39.3 Å². The fraction of sp³-hybridized carbons (Fsp3) is 0.263. The van der Waals surface area contributed by atoms with Gasteiger partial charge in [0, 0.05) is 5.02 Å². The molecule has 1 atom stereocenters. The number of hydrogen-bond donors (Lipinski definition) is 1. The maximum Gasteiger partial charge on any atom is 0.339 e. The van der Waals surface area contributed by atoms with Crippen LogP contribution in [0.1, 0.15) is 17.3 Å². The molecule has 0 fully saturated rings. The predicted octanol–water partition coefficient (Wildman–Crippen LogP) is 4.20. The number of rotatable bonds is 7. The quantitative estimate of drug-likeness (QED) is 0.666. The third-order valence-electron chi connectivity index (χ3n) is 3.74. The molecule has 1 unspecified atom stereocenters. The molecule has 0 saturated heterocycles. The van der Waals surface area contributed by atoms with Gasteiger partial charge in [0.25, 0.3) is 5.91 Å². The van der Waals surface area contributed by atoms with Crippen molar-refractivity contribution in [2.24, 2.45) is 0 Å². The highest BCUT2D eigenvalue weighted by atomic mass is 35.5. The summed E-state index contributed by atoms with van der Waals surface area (Å²) in [5.41, 5.74) is 0.491. The maximum absolute atomic E-state index is 12.5. The minimum atomic E-state index is -1.08. The Morgan fingerprint density at radius 1 is 0.964 bits per heavy atom. The second-order valence-corrected chi connectivity index (χ2v) is 6.42. The number of methoxy groups -OCH3 is 3. The fourth-order valence-corrected chi connectivity index (χ4v) is 2.76. The first-order valence-corrected chi connectivity index (χ1v) is 8.83. The molecule has 7 nitrogen and oxygen atoms in total. The lowest BCUT2D eigenvalue weighted by Gasteiger charge is -2.16. The van der Waals surface area contributed by atoms with Gasteiger partial charge in [-0.25, -0.2) is 4.79 Å². The van der Waals surface area contributed by atoms with Crippen molar-refractivity contribution >= 4 is 40.8 Å². The van der Waals surface area contributed by atoms with Crippen LogP contribution in [0.25, 0.3) is 0 Å². The third kappa shape index (κ3) is 4.99. The van der Waals surface area contributed by atoms with E-state index in [2.05, 4.69) is 5.32 Å². The highest BCUT2D eigenvalue weighted by Crippen LogP contribution is 2.38. The van der Waals surface area contributed by atoms with E-state index in [1.165, 1.54) is 46.5 Å². The Kier molecular flexibility index (Phi) is 7.37. The average molecular weight is 428 g/mol. The monoisotopic (exact) mass is 427 g/mol. The Balaban J connectivity index is 2.14. The van der Waals surface area contributed by atoms with E-state index in [9.17, 15) is 9.59 Å². The molecule has 0 heterocycles. The van der Waals surface area contributed by atoms with Crippen LogP contribution in [0.15, 0.2) is 30.3 Å². The van der Waals surface area contributed by atoms with Crippen molar-refractivity contribution in [2.75, 3.05) is 26.6 Å². The van der Waals surface area contributed by atoms with E-state index in [1.54, 1.807) is 12.1 Å². The van der Waals surface area contributed by atoms with Crippen LogP contribution in [-0.2, 0) is 9.53 Å². The Labute approximate surface area is 172 Å². The number of carbonyl (C=O) groups is 2. The van der Waals surface area contributed by atoms with Gasteiger partial charge < -0.3 is 24.3 Å². The summed E-state index contributed by atoms with van der Waals surface area (Å²) in [4.78, 5) is 24.8. The molecule has 1 N–H and O–H groups in total. The Hall–Kier alpha value is -2.64. The predicted molar refractivity (Wildman–Crippen MR) is 106 cm³/mol. The van der Waals surface area contributed by atoms with Crippen molar-refractivity contribution in [2.45, 2.75) is 13.0 Å². The van der Waals surface area contributed by atoms with Gasteiger partial charge in [0.05, 0.1) is 37.6 Å². The number of carbonyl (C=O) groups excluding carboxylic acids is 2. The molecular formula is C19H19Cl2NO6. The molecule has 0 aliphatic carbocycles. The molecule has 28 heavy (non-hydrogen) atoms. The normalized spacial score (nSPS) is 11.4. The Morgan fingerprint density at radius 3 is 2.07 bits per heavy atom. The number of esters is 1. The highest BCUT2D eigenvalue weighted by molar-refractivity contribution is 6.36. The number of benzene rings is 2. The molecule has 150 valence electrons. The van der Waals surface area contributed by atoms with Gasteiger partial charge in [-0.15, -0.1) is 0 Å². The molecule has 1 amide bonds. The zero-order valence-electron chi connectivity index (χ0n) is 15.7. The lowest BCUT2D eigenvalue weighted by atomic mass is 10.2. The molecule has 2 rings (SSSR count). The second kappa shape index (κ2) is 9.52. The van der Waals surface area contributed by atoms with Crippen LogP contribution < -0.4 is 19.5 Å². The number of anilines is 1. The average Bonchev–Trinajstić information content (AvgIpc) is 2.68. The number of halogens is 2. The summed E-state index contributed by atoms with van der Waals surface area (Å²) in [6, 6.07) is 7.49. The van der Waals surface area contributed by atoms with E-state index in [0.29, 0.717) is 28.0 Å². The number of amides is 1. The molecule has 9 heteroatoms. The summed E-state index contributed by atoms with van der Waals surface area (Å²) in [5, 5.41) is 3.28. The van der Waals surface area contributed by atoms with Gasteiger partial charge in [0.2, 0.25) is 5.75 Å². The van der Waals surface area contributed by atoms with Crippen LogP contribution in [0, 0.1) is 0 Å². The van der Waals surface area contributed by atoms with E-state index in [4.69, 9.17) is 42.1 Å². The first kappa shape index (κ1) is 21.7. The van der Waals surface area contributed by atoms with E-state index >= 15 is 0 Å². The van der Waals surface area contributed by atoms with Crippen molar-refractivity contribution in [1.82, 2.24) is 0 Å². The third-order valence-corrected chi connectivity index (χ3v) is 4.29. The first-order valence-electron chi connectivity index (χ1n) is 8.07. The van der Waals surface area contributed by atoms with Gasteiger partial charge in [-0.05, 0) is 37.3 Å². The van der Waals surface area contributed by atoms with E-state index < -0.39 is 18.0 Å². The molecule has 0 saturated carbocycles. The molecule has 0 aromatic heterocycles. The minimum absolute atomic E-state index is 0.138. The molecule has 0 spiro atoms. The molecule has 0 radical (unpaired) electrons. The van der Waals surface area contributed by atoms with E-state index in [1.807, 2.05) is 0 Å². The molecule has 0 bridgehead atoms. The molecule has 0 aliphatic rings. The van der Waals surface area contributed by atoms with Gasteiger partial charge in [-0.3, -0.25) is 4.79 Å². The Morgan fingerprint density at radius 2 is 1.57 bits per heavy atom. The summed E-state index contributed by atoms with van der Waals surface area (Å²) >= 11 is 11.9. The van der Waals surface area contributed by atoms with Gasteiger partial charge in [-0.2, -0.15) is 0 Å². The van der Waals surface area contributed by atoms with Gasteiger partial charge in [0.1, 0.15) is 0 Å². The second-order valence-electron chi connectivity index (χ2n) is 5.57. The number of ether oxygens (including phenoxy) is 4. The topological polar surface area (TPSA) is 83.1 Å². The zero-order valence-corrected chi connectivity index (χ0v) is 17.2. The molecule has 2 aromatic carbocycles. The summed E-state index contributed by atoms with van der Waals surface area (Å²) < 4.78 is 20.9. The van der Waals surface area contributed by atoms with Crippen LogP contribution in [0.3, 0.4) is 0 Å². The molecular weight excluding hydrogens is 409 g/mol. The standard InChI is InChI=1S/C19H19Cl2NO6/c1-10(18(23)22-14-6-5-12(20)9-13(14)21)28-19(24)11-7-15(25-2)17(27-4)16(8-11)26-3/h5-10H,1-4H3,(H,22,23). The SMILES string of the molecule is COc1cc(C(=O)OC(C)C(=O)Nc2ccc(Cl)cc2Cl)cc(OC)c1OC. The fourth-order valence-electron chi connectivity index (χ4n) is 2.31. The number of hydrogen-bond acceptors (Lipinski definition) is 6. The van der Waals surface area contributed by atoms with Crippen molar-refractivity contribution in [3.05, 3.63) is 45.9 Å². The van der Waals surface area contributed by atoms with Gasteiger partial charge in [0.15, 0.2) is 17.6 Å². The van der Waals surface area contributed by atoms with Crippen LogP contribution in [0.4, 0.5) is 5.69 Å². The summed E-state index contributed by atoms with van der Waals surface area (Å²) in [5.74, 6) is -0.364. The lowest BCUT2D eigenvalue weighted by Crippen LogP contribution is -2.30. The van der Waals surface area contributed by atoms with Crippen LogP contribution >= 0.6 is 23.2 Å². The highest BCUT2D eigenvalue weighted by Gasteiger charge is 2.23. The first-order chi connectivity index (χ1) is 13.3. The molecule has 0 aliphatic heterocycles. The van der Waals surface area contributed by atoms with Gasteiger partial charge >= 0.3 is 5.97 Å². The van der Waals surface area contributed by atoms with E-state index in [-0.39, 0.29) is 10.6 Å². The largest absolute Gasteiger partial charge is 0.493 e. The van der Waals surface area contributed by atoms with Crippen molar-refractivity contribution < 1.29 is 28.5 Å². The lowest BCUT2D eigenvalue weighted by molar-refractivity contribution is -0.123. The van der Waals surface area contributed by atoms with Crippen molar-refractivity contribution in [1.29, 1.82) is 0 Å². The van der Waals surface area contributed by atoms with Crippen molar-refractivity contribution in [3.8, 4) is 17.2 Å². The smallest absolute Gasteiger partial charge is 0.339 e. The Bertz CT molecular complexity index is 862. The minimum Gasteiger partial charge on any atom is -0.493 e. The van der Waals surface area contributed by atoms with Crippen LogP contribution in [0.5, 0.6) is 17.2 Å². The van der Waals surface area contributed by atoms with Gasteiger partial charge in [-0.1, -0.05) is 23.2 Å². The van der Waals surface area contributed by atoms with Crippen LogP contribution in [0.2, 0.25) is 10.0 Å². The van der Waals surface area contributed by atoms with E-state index in [0.717, 1.165) is 0 Å². The summed E-state index contributed by atoms with van der Waals surface area (Å²) in [7, 11) is 4.31. The summed E-state index contributed by atoms with van der Waals surface area (Å²) in [6.45, 7) is 1.44. The molecule has 2 aromatic rings. The van der Waals surface area contributed by atoms with Crippen molar-refractivity contribution in [3.63, 3.8) is 0 Å².